The maximum Gasteiger partial charge on any atom is 0.206 e. The Morgan fingerprint density at radius 1 is 0.684 bits per heavy atom. The van der Waals surface area contributed by atoms with Gasteiger partial charge in [0.05, 0.1) is 0 Å². The highest BCUT2D eigenvalue weighted by molar-refractivity contribution is 6.52. The lowest BCUT2D eigenvalue weighted by molar-refractivity contribution is -0.110. The van der Waals surface area contributed by atoms with Crippen molar-refractivity contribution in [1.29, 1.82) is 0 Å². The highest BCUT2D eigenvalue weighted by Gasteiger charge is 2.36. The average molecular weight is 246 g/mol. The first-order valence-corrected chi connectivity index (χ1v) is 5.98. The highest BCUT2D eigenvalue weighted by Crippen LogP contribution is 2.42. The Kier molecular flexibility index (Phi) is 2.71. The number of hydrogen-bond donors (Lipinski definition) is 0. The van der Waals surface area contributed by atoms with Crippen molar-refractivity contribution in [2.75, 3.05) is 0 Å². The maximum absolute atomic E-state index is 12.0. The second-order valence-corrected chi connectivity index (χ2v) is 4.29. The van der Waals surface area contributed by atoms with Crippen molar-refractivity contribution in [2.45, 2.75) is 0 Å². The van der Waals surface area contributed by atoms with Crippen molar-refractivity contribution in [3.8, 4) is 0 Å². The summed E-state index contributed by atoms with van der Waals surface area (Å²) >= 11 is 0. The fourth-order valence-corrected chi connectivity index (χ4v) is 2.29. The molecule has 1 aliphatic carbocycles. The van der Waals surface area contributed by atoms with E-state index >= 15 is 0 Å². The van der Waals surface area contributed by atoms with E-state index in [2.05, 4.69) is 0 Å². The number of benzene rings is 2. The number of ketones is 1. The normalized spacial score (nSPS) is 14.1. The fraction of sp³-hybridized carbons (Fsp3) is 0. The Balaban J connectivity index is 2.24. The molecule has 2 heteroatoms. The van der Waals surface area contributed by atoms with Gasteiger partial charge in [-0.2, -0.15) is 0 Å². The Bertz CT molecular complexity index is 718. The summed E-state index contributed by atoms with van der Waals surface area (Å²) in [6, 6.07) is 18.8. The van der Waals surface area contributed by atoms with E-state index in [1.165, 1.54) is 0 Å². The molecular formula is C17H10O2. The van der Waals surface area contributed by atoms with E-state index in [4.69, 9.17) is 0 Å². The molecule has 0 saturated heterocycles. The van der Waals surface area contributed by atoms with E-state index in [1.807, 2.05) is 60.7 Å². The molecular weight excluding hydrogens is 236 g/mol. The molecule has 0 aromatic heterocycles. The van der Waals surface area contributed by atoms with Gasteiger partial charge in [0.1, 0.15) is 11.5 Å². The topological polar surface area (TPSA) is 34.1 Å². The summed E-state index contributed by atoms with van der Waals surface area (Å²) in [6.45, 7) is 0. The van der Waals surface area contributed by atoms with Crippen molar-refractivity contribution in [3.63, 3.8) is 0 Å². The van der Waals surface area contributed by atoms with E-state index in [0.29, 0.717) is 11.1 Å². The Hall–Kier alpha value is -2.70. The van der Waals surface area contributed by atoms with Crippen LogP contribution in [0.25, 0.3) is 11.1 Å². The fourth-order valence-electron chi connectivity index (χ4n) is 2.29. The van der Waals surface area contributed by atoms with Crippen LogP contribution in [0.4, 0.5) is 0 Å². The van der Waals surface area contributed by atoms with Crippen molar-refractivity contribution in [2.24, 2.45) is 0 Å². The summed E-state index contributed by atoms with van der Waals surface area (Å²) in [5.74, 6) is 1.54. The zero-order chi connectivity index (χ0) is 13.2. The maximum atomic E-state index is 12.0. The zero-order valence-electron chi connectivity index (χ0n) is 10.1. The second-order valence-electron chi connectivity index (χ2n) is 4.29. The second kappa shape index (κ2) is 4.52. The van der Waals surface area contributed by atoms with Crippen LogP contribution in [0.15, 0.2) is 66.2 Å². The molecule has 2 aromatic rings. The molecule has 0 N–H and O–H groups in total. The minimum atomic E-state index is -0.222. The van der Waals surface area contributed by atoms with Gasteiger partial charge >= 0.3 is 0 Å². The van der Waals surface area contributed by atoms with Crippen LogP contribution < -0.4 is 0 Å². The number of allylic oxidation sites excluding steroid dienone is 3. The summed E-state index contributed by atoms with van der Waals surface area (Å²) in [5.41, 5.74) is 3.16. The summed E-state index contributed by atoms with van der Waals surface area (Å²) in [4.78, 5) is 23.0. The van der Waals surface area contributed by atoms with Gasteiger partial charge in [-0.1, -0.05) is 60.7 Å². The Labute approximate surface area is 110 Å². The molecule has 0 unspecified atom stereocenters. The first kappa shape index (κ1) is 11.4. The first-order chi connectivity index (χ1) is 9.33. The molecule has 0 spiro atoms. The van der Waals surface area contributed by atoms with Gasteiger partial charge in [-0.15, -0.1) is 0 Å². The quantitative estimate of drug-likeness (QED) is 0.603. The standard InChI is InChI=1S/C17H10O2/c18-11-14-15(12-7-3-1-4-8-12)16(17(14)19)13-9-5-2-6-10-13/h1-10H. The minimum Gasteiger partial charge on any atom is -0.288 e. The van der Waals surface area contributed by atoms with E-state index in [9.17, 15) is 9.59 Å². The summed E-state index contributed by atoms with van der Waals surface area (Å²) in [5, 5.41) is 0. The largest absolute Gasteiger partial charge is 0.288 e. The number of hydrogen-bond acceptors (Lipinski definition) is 2. The van der Waals surface area contributed by atoms with Gasteiger partial charge in [0.15, 0.2) is 0 Å². The summed E-state index contributed by atoms with van der Waals surface area (Å²) in [7, 11) is 0. The third kappa shape index (κ3) is 1.75. The lowest BCUT2D eigenvalue weighted by Gasteiger charge is -2.23. The molecule has 2 nitrogen and oxygen atoms in total. The van der Waals surface area contributed by atoms with E-state index in [0.717, 1.165) is 11.1 Å². The van der Waals surface area contributed by atoms with Crippen molar-refractivity contribution < 1.29 is 9.59 Å². The van der Waals surface area contributed by atoms with Gasteiger partial charge in [0, 0.05) is 11.1 Å². The number of rotatable bonds is 2. The minimum absolute atomic E-state index is 0.144. The lowest BCUT2D eigenvalue weighted by Crippen LogP contribution is -2.20. The van der Waals surface area contributed by atoms with Gasteiger partial charge in [0.25, 0.3) is 0 Å². The van der Waals surface area contributed by atoms with Gasteiger partial charge in [0.2, 0.25) is 5.78 Å². The Morgan fingerprint density at radius 3 is 1.63 bits per heavy atom. The summed E-state index contributed by atoms with van der Waals surface area (Å²) < 4.78 is 0. The molecule has 0 atom stereocenters. The monoisotopic (exact) mass is 246 g/mol. The van der Waals surface area contributed by atoms with Crippen LogP contribution in [0, 0.1) is 0 Å². The number of carbonyl (C=O) groups excluding carboxylic acids is 2. The van der Waals surface area contributed by atoms with E-state index < -0.39 is 0 Å². The van der Waals surface area contributed by atoms with Crippen molar-refractivity contribution in [3.05, 3.63) is 77.4 Å². The molecule has 90 valence electrons. The van der Waals surface area contributed by atoms with Crippen LogP contribution in [0.5, 0.6) is 0 Å². The van der Waals surface area contributed by atoms with Gasteiger partial charge < -0.3 is 0 Å². The molecule has 0 saturated carbocycles. The molecule has 0 radical (unpaired) electrons. The molecule has 19 heavy (non-hydrogen) atoms. The van der Waals surface area contributed by atoms with Gasteiger partial charge in [-0.25, -0.2) is 4.79 Å². The molecule has 0 heterocycles. The first-order valence-electron chi connectivity index (χ1n) is 5.98. The van der Waals surface area contributed by atoms with E-state index in [-0.39, 0.29) is 11.4 Å². The smallest absolute Gasteiger partial charge is 0.206 e. The molecule has 0 bridgehead atoms. The predicted octanol–water partition coefficient (Wildman–Crippen LogP) is 2.94. The molecule has 0 fully saturated rings. The molecule has 0 aliphatic heterocycles. The van der Waals surface area contributed by atoms with Crippen molar-refractivity contribution in [1.82, 2.24) is 0 Å². The average Bonchev–Trinajstić information content (AvgIpc) is 2.47. The zero-order valence-corrected chi connectivity index (χ0v) is 10.1. The number of carbonyl (C=O) groups is 1. The van der Waals surface area contributed by atoms with Gasteiger partial charge in [-0.05, 0) is 11.1 Å². The van der Waals surface area contributed by atoms with Crippen LogP contribution >= 0.6 is 0 Å². The Morgan fingerprint density at radius 2 is 1.16 bits per heavy atom. The summed E-state index contributed by atoms with van der Waals surface area (Å²) in [6.07, 6.45) is 0. The lowest BCUT2D eigenvalue weighted by atomic mass is 9.75. The van der Waals surface area contributed by atoms with Crippen LogP contribution in [0.1, 0.15) is 11.1 Å². The van der Waals surface area contributed by atoms with Crippen LogP contribution in [-0.2, 0) is 9.59 Å². The molecule has 3 rings (SSSR count). The third-order valence-corrected chi connectivity index (χ3v) is 3.18. The van der Waals surface area contributed by atoms with Crippen molar-refractivity contribution >= 4 is 22.9 Å². The molecule has 2 aromatic carbocycles. The molecule has 0 amide bonds. The van der Waals surface area contributed by atoms with E-state index in [1.54, 1.807) is 5.94 Å². The third-order valence-electron chi connectivity index (χ3n) is 3.18. The van der Waals surface area contributed by atoms with Crippen LogP contribution in [-0.4, -0.2) is 11.7 Å². The van der Waals surface area contributed by atoms with Crippen LogP contribution in [0.3, 0.4) is 0 Å². The number of Topliss-reactive ketones (excluding diaryl/α,β-unsaturated/α-hetero) is 1. The highest BCUT2D eigenvalue weighted by atomic mass is 16.1. The SMILES string of the molecule is O=C=C1C(=O)C(c2ccccc2)=C1c1ccccc1. The van der Waals surface area contributed by atoms with Crippen LogP contribution in [0.2, 0.25) is 0 Å². The molecule has 1 aliphatic rings. The van der Waals surface area contributed by atoms with Gasteiger partial charge in [-0.3, -0.25) is 4.79 Å². The predicted molar refractivity (Wildman–Crippen MR) is 73.9 cm³/mol.